The van der Waals surface area contributed by atoms with Crippen LogP contribution >= 0.6 is 24.0 Å². The van der Waals surface area contributed by atoms with E-state index in [-0.39, 0.29) is 36.1 Å². The summed E-state index contributed by atoms with van der Waals surface area (Å²) < 4.78 is 27.1. The lowest BCUT2D eigenvalue weighted by Gasteiger charge is -2.18. The summed E-state index contributed by atoms with van der Waals surface area (Å²) in [6, 6.07) is 17.3. The number of aliphatic imine (C=N–C) groups is 1. The molecule has 0 spiro atoms. The lowest BCUT2D eigenvalue weighted by atomic mass is 10.1. The van der Waals surface area contributed by atoms with Crippen LogP contribution in [0.4, 0.5) is 0 Å². The second-order valence-electron chi connectivity index (χ2n) is 6.74. The van der Waals surface area contributed by atoms with E-state index in [4.69, 9.17) is 0 Å². The van der Waals surface area contributed by atoms with Crippen molar-refractivity contribution in [1.82, 2.24) is 15.4 Å². The van der Waals surface area contributed by atoms with Crippen LogP contribution in [0.15, 0.2) is 64.5 Å². The van der Waals surface area contributed by atoms with Crippen LogP contribution in [0.1, 0.15) is 36.9 Å². The van der Waals surface area contributed by atoms with Gasteiger partial charge in [-0.25, -0.2) is 13.1 Å². The standard InChI is InChI=1S/C20H26N4O2S.HI/c1-15(17-6-4-3-5-7-17)23-20(21-2)22-14-16-8-12-19(13-9-16)27(25,26)24-18-10-11-18;/h3-9,12-13,15,18,24H,10-11,14H2,1-2H3,(H2,21,22,23);1H. The summed E-state index contributed by atoms with van der Waals surface area (Å²) in [6.45, 7) is 2.63. The molecule has 1 aliphatic rings. The molecular weight excluding hydrogens is 487 g/mol. The van der Waals surface area contributed by atoms with E-state index in [0.29, 0.717) is 17.4 Å². The largest absolute Gasteiger partial charge is 0.352 e. The maximum absolute atomic E-state index is 12.2. The fraction of sp³-hybridized carbons (Fsp3) is 0.350. The van der Waals surface area contributed by atoms with Gasteiger partial charge in [0.25, 0.3) is 0 Å². The highest BCUT2D eigenvalue weighted by Gasteiger charge is 2.27. The Morgan fingerprint density at radius 1 is 1.11 bits per heavy atom. The smallest absolute Gasteiger partial charge is 0.240 e. The lowest BCUT2D eigenvalue weighted by Crippen LogP contribution is -2.38. The summed E-state index contributed by atoms with van der Waals surface area (Å²) in [6.07, 6.45) is 1.85. The quantitative estimate of drug-likeness (QED) is 0.301. The SMILES string of the molecule is CN=C(NCc1ccc(S(=O)(=O)NC2CC2)cc1)NC(C)c1ccccc1.I. The monoisotopic (exact) mass is 514 g/mol. The Labute approximate surface area is 184 Å². The molecule has 6 nitrogen and oxygen atoms in total. The van der Waals surface area contributed by atoms with Crippen LogP contribution in [0.5, 0.6) is 0 Å². The highest BCUT2D eigenvalue weighted by atomic mass is 127. The molecule has 0 radical (unpaired) electrons. The minimum absolute atomic E-state index is 0. The Kier molecular flexibility index (Phi) is 8.26. The zero-order chi connectivity index (χ0) is 19.3. The number of nitrogens with zero attached hydrogens (tertiary/aromatic N) is 1. The predicted octanol–water partition coefficient (Wildman–Crippen LogP) is 3.17. The molecule has 3 N–H and O–H groups in total. The summed E-state index contributed by atoms with van der Waals surface area (Å²) in [7, 11) is -1.67. The zero-order valence-electron chi connectivity index (χ0n) is 16.1. The minimum Gasteiger partial charge on any atom is -0.352 e. The number of benzene rings is 2. The first-order valence-corrected chi connectivity index (χ1v) is 10.6. The van der Waals surface area contributed by atoms with E-state index in [1.807, 2.05) is 30.3 Å². The van der Waals surface area contributed by atoms with Crippen molar-refractivity contribution in [2.45, 2.75) is 43.3 Å². The van der Waals surface area contributed by atoms with Crippen molar-refractivity contribution in [2.24, 2.45) is 4.99 Å². The number of nitrogens with one attached hydrogen (secondary N) is 3. The molecule has 0 aromatic heterocycles. The van der Waals surface area contributed by atoms with Crippen molar-refractivity contribution < 1.29 is 8.42 Å². The summed E-state index contributed by atoms with van der Waals surface area (Å²) in [5.74, 6) is 0.693. The van der Waals surface area contributed by atoms with Gasteiger partial charge in [-0.2, -0.15) is 0 Å². The van der Waals surface area contributed by atoms with Crippen LogP contribution in [-0.4, -0.2) is 27.5 Å². The van der Waals surface area contributed by atoms with Gasteiger partial charge in [0.05, 0.1) is 10.9 Å². The van der Waals surface area contributed by atoms with Gasteiger partial charge >= 0.3 is 0 Å². The normalized spacial score (nSPS) is 15.4. The molecule has 0 saturated heterocycles. The van der Waals surface area contributed by atoms with Crippen LogP contribution in [0, 0.1) is 0 Å². The van der Waals surface area contributed by atoms with Gasteiger partial charge in [0.1, 0.15) is 0 Å². The highest BCUT2D eigenvalue weighted by Crippen LogP contribution is 2.22. The molecule has 0 amide bonds. The number of sulfonamides is 1. The molecule has 1 aliphatic carbocycles. The van der Waals surface area contributed by atoms with E-state index in [0.717, 1.165) is 18.4 Å². The highest BCUT2D eigenvalue weighted by molar-refractivity contribution is 14.0. The first-order valence-electron chi connectivity index (χ1n) is 9.11. The van der Waals surface area contributed by atoms with Crippen molar-refractivity contribution in [3.63, 3.8) is 0 Å². The summed E-state index contributed by atoms with van der Waals surface area (Å²) in [5.41, 5.74) is 2.16. The number of hydrogen-bond donors (Lipinski definition) is 3. The third-order valence-corrected chi connectivity index (χ3v) is 6.01. The van der Waals surface area contributed by atoms with Gasteiger partial charge in [0, 0.05) is 19.6 Å². The molecule has 2 aromatic rings. The van der Waals surface area contributed by atoms with Crippen LogP contribution in [0.2, 0.25) is 0 Å². The molecule has 1 fully saturated rings. The summed E-state index contributed by atoms with van der Waals surface area (Å²) in [4.78, 5) is 4.56. The molecule has 0 heterocycles. The van der Waals surface area contributed by atoms with Crippen molar-refractivity contribution in [2.75, 3.05) is 7.05 Å². The van der Waals surface area contributed by atoms with Crippen LogP contribution < -0.4 is 15.4 Å². The van der Waals surface area contributed by atoms with Crippen molar-refractivity contribution in [3.8, 4) is 0 Å². The molecule has 0 aliphatic heterocycles. The number of hydrogen-bond acceptors (Lipinski definition) is 3. The summed E-state index contributed by atoms with van der Waals surface area (Å²) >= 11 is 0. The lowest BCUT2D eigenvalue weighted by molar-refractivity contribution is 0.581. The molecule has 1 unspecified atom stereocenters. The average Bonchev–Trinajstić information content (AvgIpc) is 3.49. The number of halogens is 1. The third kappa shape index (κ3) is 6.46. The van der Waals surface area contributed by atoms with Crippen molar-refractivity contribution in [3.05, 3.63) is 65.7 Å². The molecule has 3 rings (SSSR count). The third-order valence-electron chi connectivity index (χ3n) is 4.47. The number of rotatable bonds is 7. The maximum atomic E-state index is 12.2. The predicted molar refractivity (Wildman–Crippen MR) is 123 cm³/mol. The van der Waals surface area contributed by atoms with E-state index in [9.17, 15) is 8.42 Å². The molecule has 2 aromatic carbocycles. The minimum atomic E-state index is -3.40. The van der Waals surface area contributed by atoms with Gasteiger partial charge in [-0.1, -0.05) is 42.5 Å². The van der Waals surface area contributed by atoms with E-state index in [2.05, 4.69) is 39.4 Å². The Hall–Kier alpha value is -1.65. The molecule has 1 saturated carbocycles. The second kappa shape index (κ2) is 10.2. The van der Waals surface area contributed by atoms with Crippen LogP contribution in [-0.2, 0) is 16.6 Å². The van der Waals surface area contributed by atoms with E-state index in [1.54, 1.807) is 19.2 Å². The zero-order valence-corrected chi connectivity index (χ0v) is 19.2. The second-order valence-corrected chi connectivity index (χ2v) is 8.46. The molecule has 28 heavy (non-hydrogen) atoms. The summed E-state index contributed by atoms with van der Waals surface area (Å²) in [5, 5.41) is 6.61. The van der Waals surface area contributed by atoms with Crippen molar-refractivity contribution in [1.29, 1.82) is 0 Å². The van der Waals surface area contributed by atoms with Crippen molar-refractivity contribution >= 4 is 40.0 Å². The van der Waals surface area contributed by atoms with Gasteiger partial charge in [0.2, 0.25) is 10.0 Å². The van der Waals surface area contributed by atoms with Crippen LogP contribution in [0.3, 0.4) is 0 Å². The first kappa shape index (κ1) is 22.6. The average molecular weight is 514 g/mol. The Morgan fingerprint density at radius 2 is 1.75 bits per heavy atom. The molecular formula is C20H27IN4O2S. The molecule has 0 bridgehead atoms. The molecule has 1 atom stereocenters. The topological polar surface area (TPSA) is 82.6 Å². The van der Waals surface area contributed by atoms with Gasteiger partial charge < -0.3 is 10.6 Å². The van der Waals surface area contributed by atoms with Crippen LogP contribution in [0.25, 0.3) is 0 Å². The van der Waals surface area contributed by atoms with Gasteiger partial charge in [-0.3, -0.25) is 4.99 Å². The van der Waals surface area contributed by atoms with Gasteiger partial charge in [0.15, 0.2) is 5.96 Å². The van der Waals surface area contributed by atoms with Gasteiger partial charge in [-0.05, 0) is 43.0 Å². The fourth-order valence-electron chi connectivity index (χ4n) is 2.69. The van der Waals surface area contributed by atoms with Gasteiger partial charge in [-0.15, -0.1) is 24.0 Å². The van der Waals surface area contributed by atoms with E-state index < -0.39 is 10.0 Å². The maximum Gasteiger partial charge on any atom is 0.240 e. The van der Waals surface area contributed by atoms with E-state index in [1.165, 1.54) is 5.56 Å². The number of guanidine groups is 1. The Bertz CT molecular complexity index is 882. The first-order chi connectivity index (χ1) is 13.0. The molecule has 8 heteroatoms. The molecule has 152 valence electrons. The van der Waals surface area contributed by atoms with E-state index >= 15 is 0 Å². The Balaban J connectivity index is 0.00000280. The fourth-order valence-corrected chi connectivity index (χ4v) is 3.99. The Morgan fingerprint density at radius 3 is 2.32 bits per heavy atom.